The minimum atomic E-state index is -0.285. The number of ether oxygens (including phenoxy) is 1. The van der Waals surface area contributed by atoms with Crippen molar-refractivity contribution >= 4 is 0 Å². The summed E-state index contributed by atoms with van der Waals surface area (Å²) >= 11 is 0. The van der Waals surface area contributed by atoms with Gasteiger partial charge in [0.15, 0.2) is 0 Å². The van der Waals surface area contributed by atoms with Crippen molar-refractivity contribution in [2.45, 2.75) is 51.5 Å². The fraction of sp³-hybridized carbons (Fsp3) is 0.667. The van der Waals surface area contributed by atoms with Crippen molar-refractivity contribution in [3.05, 3.63) is 29.8 Å². The maximum Gasteiger partial charge on any atom is 0.119 e. The van der Waals surface area contributed by atoms with Crippen molar-refractivity contribution in [1.29, 1.82) is 0 Å². The molecule has 0 bridgehead atoms. The summed E-state index contributed by atoms with van der Waals surface area (Å²) in [5, 5.41) is 13.3. The maximum absolute atomic E-state index is 9.84. The molecule has 1 unspecified atom stereocenters. The molecule has 1 atom stereocenters. The molecule has 0 spiro atoms. The summed E-state index contributed by atoms with van der Waals surface area (Å²) in [4.78, 5) is 0. The molecule has 1 aromatic carbocycles. The van der Waals surface area contributed by atoms with Gasteiger partial charge in [0.05, 0.1) is 12.1 Å². The van der Waals surface area contributed by atoms with Gasteiger partial charge < -0.3 is 15.2 Å². The Morgan fingerprint density at radius 1 is 1.29 bits per heavy atom. The zero-order valence-electron chi connectivity index (χ0n) is 13.8. The molecule has 3 nitrogen and oxygen atoms in total. The Labute approximate surface area is 128 Å². The van der Waals surface area contributed by atoms with Gasteiger partial charge >= 0.3 is 0 Å². The molecule has 0 aromatic heterocycles. The third-order valence-corrected chi connectivity index (χ3v) is 4.37. The van der Waals surface area contributed by atoms with E-state index in [-0.39, 0.29) is 17.6 Å². The normalized spacial score (nSPS) is 18.3. The second kappa shape index (κ2) is 6.37. The van der Waals surface area contributed by atoms with Gasteiger partial charge in [0.25, 0.3) is 0 Å². The molecular weight excluding hydrogens is 262 g/mol. The summed E-state index contributed by atoms with van der Waals surface area (Å²) in [6.45, 7) is 10.2. The van der Waals surface area contributed by atoms with Gasteiger partial charge in [-0.15, -0.1) is 0 Å². The predicted octanol–water partition coefficient (Wildman–Crippen LogP) is 3.11. The number of benzene rings is 1. The average molecular weight is 291 g/mol. The second-order valence-electron chi connectivity index (χ2n) is 7.19. The summed E-state index contributed by atoms with van der Waals surface area (Å²) in [6.07, 6.45) is 2.36. The summed E-state index contributed by atoms with van der Waals surface area (Å²) in [7, 11) is 0. The highest BCUT2D eigenvalue weighted by atomic mass is 16.5. The molecule has 0 heterocycles. The molecule has 3 heteroatoms. The summed E-state index contributed by atoms with van der Waals surface area (Å²) in [5.41, 5.74) is 1.10. The highest BCUT2D eigenvalue weighted by molar-refractivity contribution is 5.32. The fourth-order valence-corrected chi connectivity index (χ4v) is 2.80. The van der Waals surface area contributed by atoms with E-state index >= 15 is 0 Å². The molecule has 21 heavy (non-hydrogen) atoms. The molecular formula is C18H29NO2. The molecule has 0 radical (unpaired) electrons. The number of rotatable bonds is 7. The first-order valence-corrected chi connectivity index (χ1v) is 8.00. The Morgan fingerprint density at radius 2 is 2.00 bits per heavy atom. The third-order valence-electron chi connectivity index (χ3n) is 4.37. The predicted molar refractivity (Wildman–Crippen MR) is 86.9 cm³/mol. The number of aliphatic hydroxyl groups excluding tert-OH is 1. The first-order valence-electron chi connectivity index (χ1n) is 8.00. The van der Waals surface area contributed by atoms with Crippen LogP contribution in [0.4, 0.5) is 0 Å². The van der Waals surface area contributed by atoms with Crippen LogP contribution in [0.2, 0.25) is 0 Å². The Hall–Kier alpha value is -1.06. The van der Waals surface area contributed by atoms with Crippen molar-refractivity contribution in [2.75, 3.05) is 19.8 Å². The van der Waals surface area contributed by atoms with Crippen LogP contribution in [-0.4, -0.2) is 30.4 Å². The van der Waals surface area contributed by atoms with E-state index in [2.05, 4.69) is 45.1 Å². The zero-order chi connectivity index (χ0) is 15.5. The Balaban J connectivity index is 2.07. The van der Waals surface area contributed by atoms with Crippen LogP contribution in [0, 0.1) is 5.92 Å². The Morgan fingerprint density at radius 3 is 2.52 bits per heavy atom. The van der Waals surface area contributed by atoms with Gasteiger partial charge in [0.1, 0.15) is 12.4 Å². The molecule has 1 aromatic rings. The minimum Gasteiger partial charge on any atom is -0.492 e. The van der Waals surface area contributed by atoms with Crippen LogP contribution in [0.25, 0.3) is 0 Å². The number of aliphatic hydroxyl groups is 1. The standard InChI is InChI=1S/C18H29NO2/c1-5-19-18(12-20,14-9-10-14)13-21-16-8-6-7-15(11-16)17(2,3)4/h6-8,11,14,19-20H,5,9-10,12-13H2,1-4H3. The molecule has 1 saturated carbocycles. The number of likely N-dealkylation sites (N-methyl/N-ethyl adjacent to an activating group) is 1. The lowest BCUT2D eigenvalue weighted by Crippen LogP contribution is -2.55. The van der Waals surface area contributed by atoms with Gasteiger partial charge in [-0.3, -0.25) is 0 Å². The molecule has 0 aliphatic heterocycles. The first kappa shape index (κ1) is 16.3. The van der Waals surface area contributed by atoms with E-state index in [9.17, 15) is 5.11 Å². The van der Waals surface area contributed by atoms with Gasteiger partial charge in [-0.1, -0.05) is 39.8 Å². The topological polar surface area (TPSA) is 41.5 Å². The molecule has 2 N–H and O–H groups in total. The Kier molecular flexibility index (Phi) is 4.95. The second-order valence-corrected chi connectivity index (χ2v) is 7.19. The third kappa shape index (κ3) is 3.98. The first-order chi connectivity index (χ1) is 9.91. The number of hydrogen-bond donors (Lipinski definition) is 2. The lowest BCUT2D eigenvalue weighted by molar-refractivity contribution is 0.0863. The van der Waals surface area contributed by atoms with Crippen molar-refractivity contribution in [3.8, 4) is 5.75 Å². The van der Waals surface area contributed by atoms with Crippen LogP contribution in [0.15, 0.2) is 24.3 Å². The van der Waals surface area contributed by atoms with Crippen LogP contribution >= 0.6 is 0 Å². The molecule has 0 saturated heterocycles. The molecule has 118 valence electrons. The van der Waals surface area contributed by atoms with E-state index in [1.54, 1.807) is 0 Å². The average Bonchev–Trinajstić information content (AvgIpc) is 3.28. The van der Waals surface area contributed by atoms with Crippen LogP contribution in [0.3, 0.4) is 0 Å². The van der Waals surface area contributed by atoms with Crippen molar-refractivity contribution in [3.63, 3.8) is 0 Å². The van der Waals surface area contributed by atoms with Crippen molar-refractivity contribution in [1.82, 2.24) is 5.32 Å². The molecule has 1 fully saturated rings. The smallest absolute Gasteiger partial charge is 0.119 e. The summed E-state index contributed by atoms with van der Waals surface area (Å²) in [5.74, 6) is 1.42. The highest BCUT2D eigenvalue weighted by Crippen LogP contribution is 2.40. The monoisotopic (exact) mass is 291 g/mol. The van der Waals surface area contributed by atoms with Crippen LogP contribution in [-0.2, 0) is 5.41 Å². The van der Waals surface area contributed by atoms with E-state index in [1.165, 1.54) is 18.4 Å². The van der Waals surface area contributed by atoms with E-state index in [1.807, 2.05) is 12.1 Å². The van der Waals surface area contributed by atoms with Gasteiger partial charge in [0, 0.05) is 0 Å². The summed E-state index contributed by atoms with van der Waals surface area (Å²) in [6, 6.07) is 8.29. The number of nitrogens with one attached hydrogen (secondary N) is 1. The lowest BCUT2D eigenvalue weighted by atomic mass is 9.87. The molecule has 1 aliphatic carbocycles. The molecule has 1 aliphatic rings. The van der Waals surface area contributed by atoms with E-state index in [0.29, 0.717) is 12.5 Å². The fourth-order valence-electron chi connectivity index (χ4n) is 2.80. The lowest BCUT2D eigenvalue weighted by Gasteiger charge is -2.33. The van der Waals surface area contributed by atoms with Crippen LogP contribution < -0.4 is 10.1 Å². The largest absolute Gasteiger partial charge is 0.492 e. The SMILES string of the molecule is CCNC(CO)(COc1cccc(C(C)(C)C)c1)C1CC1. The Bertz CT molecular complexity index is 463. The van der Waals surface area contributed by atoms with Crippen LogP contribution in [0.5, 0.6) is 5.75 Å². The van der Waals surface area contributed by atoms with Gasteiger partial charge in [0.2, 0.25) is 0 Å². The van der Waals surface area contributed by atoms with Crippen molar-refractivity contribution < 1.29 is 9.84 Å². The zero-order valence-corrected chi connectivity index (χ0v) is 13.8. The van der Waals surface area contributed by atoms with Crippen molar-refractivity contribution in [2.24, 2.45) is 5.92 Å². The highest BCUT2D eigenvalue weighted by Gasteiger charge is 2.45. The van der Waals surface area contributed by atoms with E-state index in [4.69, 9.17) is 4.74 Å². The maximum atomic E-state index is 9.84. The summed E-state index contributed by atoms with van der Waals surface area (Å²) < 4.78 is 6.03. The number of hydrogen-bond acceptors (Lipinski definition) is 3. The quantitative estimate of drug-likeness (QED) is 0.811. The van der Waals surface area contributed by atoms with E-state index < -0.39 is 0 Å². The minimum absolute atomic E-state index is 0.117. The van der Waals surface area contributed by atoms with E-state index in [0.717, 1.165) is 12.3 Å². The van der Waals surface area contributed by atoms with Crippen LogP contribution in [0.1, 0.15) is 46.1 Å². The molecule has 2 rings (SSSR count). The van der Waals surface area contributed by atoms with Gasteiger partial charge in [-0.05, 0) is 48.4 Å². The van der Waals surface area contributed by atoms with Gasteiger partial charge in [-0.25, -0.2) is 0 Å². The molecule has 0 amide bonds. The van der Waals surface area contributed by atoms with Gasteiger partial charge in [-0.2, -0.15) is 0 Å².